The second-order valence-corrected chi connectivity index (χ2v) is 5.79. The molecule has 144 valence electrons. The van der Waals surface area contributed by atoms with Crippen molar-refractivity contribution in [3.63, 3.8) is 0 Å². The van der Waals surface area contributed by atoms with Gasteiger partial charge in [0, 0.05) is 36.8 Å². The van der Waals surface area contributed by atoms with Crippen molar-refractivity contribution in [1.29, 1.82) is 0 Å². The fourth-order valence-corrected chi connectivity index (χ4v) is 2.31. The molecule has 8 heteroatoms. The second-order valence-electron chi connectivity index (χ2n) is 5.79. The molecule has 28 heavy (non-hydrogen) atoms. The molecular weight excluding hydrogens is 358 g/mol. The van der Waals surface area contributed by atoms with E-state index in [9.17, 15) is 4.79 Å². The van der Waals surface area contributed by atoms with Gasteiger partial charge in [0.25, 0.3) is 0 Å². The number of amides is 2. The molecule has 0 bridgehead atoms. The highest BCUT2D eigenvalue weighted by molar-refractivity contribution is 5.99. The Morgan fingerprint density at radius 3 is 2.39 bits per heavy atom. The van der Waals surface area contributed by atoms with Crippen LogP contribution < -0.4 is 20.7 Å². The van der Waals surface area contributed by atoms with Crippen LogP contribution in [0.3, 0.4) is 0 Å². The van der Waals surface area contributed by atoms with Crippen LogP contribution in [0.4, 0.5) is 22.1 Å². The minimum atomic E-state index is -0.325. The number of urea groups is 1. The first-order valence-electron chi connectivity index (χ1n) is 8.82. The molecule has 3 rings (SSSR count). The van der Waals surface area contributed by atoms with Crippen molar-refractivity contribution in [2.75, 3.05) is 29.1 Å². The van der Waals surface area contributed by atoms with E-state index in [2.05, 4.69) is 25.9 Å². The molecule has 0 spiro atoms. The lowest BCUT2D eigenvalue weighted by Gasteiger charge is -2.09. The van der Waals surface area contributed by atoms with Crippen LogP contribution in [-0.2, 0) is 0 Å². The highest BCUT2D eigenvalue weighted by Crippen LogP contribution is 2.22. The Morgan fingerprint density at radius 1 is 0.964 bits per heavy atom. The van der Waals surface area contributed by atoms with E-state index in [0.717, 1.165) is 0 Å². The third-order valence-electron chi connectivity index (χ3n) is 3.61. The van der Waals surface area contributed by atoms with E-state index in [4.69, 9.17) is 9.84 Å². The van der Waals surface area contributed by atoms with Gasteiger partial charge in [-0.05, 0) is 42.8 Å². The Labute approximate surface area is 162 Å². The first-order valence-corrected chi connectivity index (χ1v) is 8.82. The number of nitrogens with zero attached hydrogens (tertiary/aromatic N) is 2. The molecule has 3 aromatic rings. The number of hydrogen-bond acceptors (Lipinski definition) is 6. The van der Waals surface area contributed by atoms with E-state index in [0.29, 0.717) is 41.9 Å². The summed E-state index contributed by atoms with van der Waals surface area (Å²) in [6.45, 7) is 0.679. The van der Waals surface area contributed by atoms with Crippen molar-refractivity contribution in [1.82, 2.24) is 9.97 Å². The normalized spacial score (nSPS) is 10.2. The average Bonchev–Trinajstić information content (AvgIpc) is 2.71. The van der Waals surface area contributed by atoms with E-state index >= 15 is 0 Å². The number of aromatic nitrogens is 2. The summed E-state index contributed by atoms with van der Waals surface area (Å²) in [5.41, 5.74) is 1.35. The van der Waals surface area contributed by atoms with E-state index in [-0.39, 0.29) is 12.6 Å². The number of rotatable bonds is 8. The molecule has 0 fully saturated rings. The Morgan fingerprint density at radius 2 is 1.68 bits per heavy atom. The van der Waals surface area contributed by atoms with Crippen molar-refractivity contribution in [2.24, 2.45) is 0 Å². The zero-order chi connectivity index (χ0) is 19.6. The van der Waals surface area contributed by atoms with Gasteiger partial charge in [0.15, 0.2) is 0 Å². The molecule has 0 aliphatic carbocycles. The van der Waals surface area contributed by atoms with Gasteiger partial charge in [-0.15, -0.1) is 0 Å². The number of ether oxygens (including phenoxy) is 1. The molecule has 0 radical (unpaired) electrons. The molecule has 0 saturated heterocycles. The smallest absolute Gasteiger partial charge is 0.323 e. The molecule has 0 aliphatic heterocycles. The van der Waals surface area contributed by atoms with Gasteiger partial charge in [-0.2, -0.15) is 4.98 Å². The molecule has 2 amide bonds. The first-order chi connectivity index (χ1) is 13.7. The molecule has 0 saturated carbocycles. The van der Waals surface area contributed by atoms with Gasteiger partial charge in [0.1, 0.15) is 5.75 Å². The summed E-state index contributed by atoms with van der Waals surface area (Å²) in [6.07, 6.45) is 2.20. The lowest BCUT2D eigenvalue weighted by Crippen LogP contribution is -2.19. The van der Waals surface area contributed by atoms with Crippen molar-refractivity contribution < 1.29 is 14.6 Å². The standard InChI is InChI=1S/C20H21N5O3/c26-14-4-12-21-19-22-13-11-18(25-19)28-17-9-7-16(8-10-17)24-20(27)23-15-5-2-1-3-6-15/h1-3,5-11,13,26H,4,12,14H2,(H,21,22,25)(H2,23,24,27). The Kier molecular flexibility index (Phi) is 6.75. The molecular formula is C20H21N5O3. The van der Waals surface area contributed by atoms with Gasteiger partial charge in [0.2, 0.25) is 11.8 Å². The molecule has 8 nitrogen and oxygen atoms in total. The van der Waals surface area contributed by atoms with Gasteiger partial charge in [-0.3, -0.25) is 0 Å². The fourth-order valence-electron chi connectivity index (χ4n) is 2.31. The van der Waals surface area contributed by atoms with Crippen molar-refractivity contribution in [3.8, 4) is 11.6 Å². The monoisotopic (exact) mass is 379 g/mol. The van der Waals surface area contributed by atoms with Crippen LogP contribution in [0, 0.1) is 0 Å². The molecule has 0 aliphatic rings. The maximum Gasteiger partial charge on any atom is 0.323 e. The van der Waals surface area contributed by atoms with Gasteiger partial charge in [-0.1, -0.05) is 18.2 Å². The van der Waals surface area contributed by atoms with Gasteiger partial charge < -0.3 is 25.8 Å². The minimum absolute atomic E-state index is 0.104. The van der Waals surface area contributed by atoms with Gasteiger partial charge >= 0.3 is 6.03 Å². The molecule has 0 unspecified atom stereocenters. The summed E-state index contributed by atoms with van der Waals surface area (Å²) < 4.78 is 5.71. The van der Waals surface area contributed by atoms with Crippen LogP contribution in [0.15, 0.2) is 66.9 Å². The number of nitrogens with one attached hydrogen (secondary N) is 3. The van der Waals surface area contributed by atoms with E-state index in [1.165, 1.54) is 0 Å². The highest BCUT2D eigenvalue weighted by Gasteiger charge is 2.05. The van der Waals surface area contributed by atoms with Crippen molar-refractivity contribution in [3.05, 3.63) is 66.9 Å². The molecule has 2 aromatic carbocycles. The quantitative estimate of drug-likeness (QED) is 0.444. The summed E-state index contributed by atoms with van der Waals surface area (Å²) in [5.74, 6) is 1.40. The Hall–Kier alpha value is -3.65. The average molecular weight is 379 g/mol. The largest absolute Gasteiger partial charge is 0.439 e. The number of carbonyl (C=O) groups excluding carboxylic acids is 1. The summed E-state index contributed by atoms with van der Waals surface area (Å²) >= 11 is 0. The lowest BCUT2D eigenvalue weighted by molar-refractivity contribution is 0.262. The summed E-state index contributed by atoms with van der Waals surface area (Å²) in [5, 5.41) is 17.3. The third kappa shape index (κ3) is 5.96. The molecule has 0 atom stereocenters. The van der Waals surface area contributed by atoms with Gasteiger partial charge in [-0.25, -0.2) is 9.78 Å². The lowest BCUT2D eigenvalue weighted by atomic mass is 10.3. The molecule has 1 aromatic heterocycles. The van der Waals surface area contributed by atoms with Crippen molar-refractivity contribution >= 4 is 23.4 Å². The Bertz CT molecular complexity index is 888. The van der Waals surface area contributed by atoms with Crippen LogP contribution in [-0.4, -0.2) is 34.3 Å². The zero-order valence-corrected chi connectivity index (χ0v) is 15.1. The van der Waals surface area contributed by atoms with E-state index in [1.54, 1.807) is 36.5 Å². The second kappa shape index (κ2) is 9.89. The first kappa shape index (κ1) is 19.1. The third-order valence-corrected chi connectivity index (χ3v) is 3.61. The van der Waals surface area contributed by atoms with Crippen molar-refractivity contribution in [2.45, 2.75) is 6.42 Å². The van der Waals surface area contributed by atoms with Crippen LogP contribution in [0.2, 0.25) is 0 Å². The number of aliphatic hydroxyl groups is 1. The topological polar surface area (TPSA) is 108 Å². The number of carbonyl (C=O) groups is 1. The maximum atomic E-state index is 12.0. The summed E-state index contributed by atoms with van der Waals surface area (Å²) in [6, 6.07) is 17.5. The van der Waals surface area contributed by atoms with Crippen LogP contribution in [0.1, 0.15) is 6.42 Å². The van der Waals surface area contributed by atoms with Crippen LogP contribution in [0.5, 0.6) is 11.6 Å². The molecule has 1 heterocycles. The summed E-state index contributed by atoms with van der Waals surface area (Å²) in [7, 11) is 0. The molecule has 4 N–H and O–H groups in total. The summed E-state index contributed by atoms with van der Waals surface area (Å²) in [4.78, 5) is 20.4. The van der Waals surface area contributed by atoms with Crippen LogP contribution >= 0.6 is 0 Å². The Balaban J connectivity index is 1.54. The highest BCUT2D eigenvalue weighted by atomic mass is 16.5. The predicted octanol–water partition coefficient (Wildman–Crippen LogP) is 3.71. The number of anilines is 3. The SMILES string of the molecule is O=C(Nc1ccccc1)Nc1ccc(Oc2ccnc(NCCCO)n2)cc1. The number of hydrogen-bond donors (Lipinski definition) is 4. The van der Waals surface area contributed by atoms with Gasteiger partial charge in [0.05, 0.1) is 0 Å². The number of para-hydroxylation sites is 1. The zero-order valence-electron chi connectivity index (χ0n) is 15.1. The minimum Gasteiger partial charge on any atom is -0.439 e. The van der Waals surface area contributed by atoms with E-state index in [1.807, 2.05) is 30.3 Å². The van der Waals surface area contributed by atoms with Crippen LogP contribution in [0.25, 0.3) is 0 Å². The number of aliphatic hydroxyl groups excluding tert-OH is 1. The predicted molar refractivity (Wildman–Crippen MR) is 108 cm³/mol. The fraction of sp³-hybridized carbons (Fsp3) is 0.150. The maximum absolute atomic E-state index is 12.0. The van der Waals surface area contributed by atoms with E-state index < -0.39 is 0 Å². The number of benzene rings is 2.